The molecule has 0 radical (unpaired) electrons. The fourth-order valence-corrected chi connectivity index (χ4v) is 1.10. The summed E-state index contributed by atoms with van der Waals surface area (Å²) in [5.41, 5.74) is 0. The Morgan fingerprint density at radius 2 is 2.40 bits per heavy atom. The Labute approximate surface area is 88.4 Å². The predicted molar refractivity (Wildman–Crippen MR) is 54.2 cm³/mol. The van der Waals surface area contributed by atoms with Crippen LogP contribution in [0.5, 0.6) is 0 Å². The standard InChI is InChI=1S/C10H15NO4/c1-2-14-5-6-15-8-3-4-11-9(7-8)10(12)13/h3-4,7,9,11H,2,5-6H2,1H3,(H,12,13). The van der Waals surface area contributed by atoms with Gasteiger partial charge in [0.2, 0.25) is 0 Å². The van der Waals surface area contributed by atoms with E-state index in [1.54, 1.807) is 12.3 Å². The zero-order chi connectivity index (χ0) is 11.1. The van der Waals surface area contributed by atoms with E-state index in [1.807, 2.05) is 6.92 Å². The third-order valence-electron chi connectivity index (χ3n) is 1.82. The van der Waals surface area contributed by atoms with Gasteiger partial charge < -0.3 is 19.9 Å². The third-order valence-corrected chi connectivity index (χ3v) is 1.82. The molecule has 0 bridgehead atoms. The van der Waals surface area contributed by atoms with Crippen molar-refractivity contribution < 1.29 is 19.4 Å². The van der Waals surface area contributed by atoms with Gasteiger partial charge in [0, 0.05) is 12.8 Å². The highest BCUT2D eigenvalue weighted by Crippen LogP contribution is 2.06. The summed E-state index contributed by atoms with van der Waals surface area (Å²) in [6, 6.07) is -0.711. The molecule has 0 saturated heterocycles. The molecule has 0 fully saturated rings. The number of nitrogens with one attached hydrogen (secondary N) is 1. The maximum absolute atomic E-state index is 10.7. The van der Waals surface area contributed by atoms with Gasteiger partial charge in [0.05, 0.1) is 6.61 Å². The van der Waals surface area contributed by atoms with Crippen LogP contribution in [0.4, 0.5) is 0 Å². The van der Waals surface area contributed by atoms with Gasteiger partial charge in [-0.3, -0.25) is 0 Å². The summed E-state index contributed by atoms with van der Waals surface area (Å²) in [5.74, 6) is -0.369. The van der Waals surface area contributed by atoms with Crippen LogP contribution in [0.25, 0.3) is 0 Å². The molecule has 1 atom stereocenters. The van der Waals surface area contributed by atoms with Gasteiger partial charge in [-0.05, 0) is 19.1 Å². The Balaban J connectivity index is 2.33. The van der Waals surface area contributed by atoms with Crippen LogP contribution >= 0.6 is 0 Å². The number of carbonyl (C=O) groups is 1. The van der Waals surface area contributed by atoms with E-state index in [2.05, 4.69) is 5.32 Å². The van der Waals surface area contributed by atoms with Crippen molar-refractivity contribution in [3.8, 4) is 0 Å². The van der Waals surface area contributed by atoms with Crippen molar-refractivity contribution >= 4 is 5.97 Å². The molecule has 1 heterocycles. The quantitative estimate of drug-likeness (QED) is 0.629. The smallest absolute Gasteiger partial charge is 0.330 e. The SMILES string of the molecule is CCOCCOC1=CC(C(=O)O)NC=C1. The average Bonchev–Trinajstić information content (AvgIpc) is 2.25. The fourth-order valence-electron chi connectivity index (χ4n) is 1.10. The third kappa shape index (κ3) is 4.03. The highest BCUT2D eigenvalue weighted by molar-refractivity contribution is 5.76. The van der Waals surface area contributed by atoms with Gasteiger partial charge in [0.1, 0.15) is 18.4 Å². The minimum Gasteiger partial charge on any atom is -0.491 e. The van der Waals surface area contributed by atoms with E-state index < -0.39 is 12.0 Å². The predicted octanol–water partition coefficient (Wildman–Crippen LogP) is 0.493. The summed E-state index contributed by atoms with van der Waals surface area (Å²) in [4.78, 5) is 10.7. The molecule has 1 rings (SSSR count). The van der Waals surface area contributed by atoms with Gasteiger partial charge in [-0.15, -0.1) is 0 Å². The van der Waals surface area contributed by atoms with Crippen molar-refractivity contribution in [1.29, 1.82) is 0 Å². The number of carboxylic acid groups (broad SMARTS) is 1. The summed E-state index contributed by atoms with van der Waals surface area (Å²) in [6.45, 7) is 3.49. The van der Waals surface area contributed by atoms with Crippen LogP contribution in [0.2, 0.25) is 0 Å². The summed E-state index contributed by atoms with van der Waals surface area (Å²) in [6.07, 6.45) is 4.77. The first kappa shape index (κ1) is 11.6. The topological polar surface area (TPSA) is 67.8 Å². The number of carboxylic acids is 1. The van der Waals surface area contributed by atoms with E-state index in [4.69, 9.17) is 14.6 Å². The second-order valence-electron chi connectivity index (χ2n) is 2.93. The molecule has 0 spiro atoms. The van der Waals surface area contributed by atoms with Crippen LogP contribution < -0.4 is 5.32 Å². The summed E-state index contributed by atoms with van der Waals surface area (Å²) in [5, 5.41) is 11.4. The van der Waals surface area contributed by atoms with Gasteiger partial charge in [-0.2, -0.15) is 0 Å². The largest absolute Gasteiger partial charge is 0.491 e. The molecule has 2 N–H and O–H groups in total. The molecule has 1 aliphatic heterocycles. The zero-order valence-electron chi connectivity index (χ0n) is 8.60. The Bertz CT molecular complexity index is 273. The second kappa shape index (κ2) is 6.08. The van der Waals surface area contributed by atoms with Gasteiger partial charge in [0.15, 0.2) is 0 Å². The first-order chi connectivity index (χ1) is 7.24. The molecule has 5 nitrogen and oxygen atoms in total. The molecule has 0 aromatic rings. The maximum Gasteiger partial charge on any atom is 0.330 e. The molecule has 1 unspecified atom stereocenters. The highest BCUT2D eigenvalue weighted by atomic mass is 16.5. The average molecular weight is 213 g/mol. The normalized spacial score (nSPS) is 19.3. The zero-order valence-corrected chi connectivity index (χ0v) is 8.60. The fraction of sp³-hybridized carbons (Fsp3) is 0.500. The molecule has 0 saturated carbocycles. The molecule has 1 aliphatic rings. The van der Waals surface area contributed by atoms with Crippen molar-refractivity contribution in [2.45, 2.75) is 13.0 Å². The van der Waals surface area contributed by atoms with Gasteiger partial charge in [-0.25, -0.2) is 4.79 Å². The van der Waals surface area contributed by atoms with Crippen molar-refractivity contribution in [2.24, 2.45) is 0 Å². The lowest BCUT2D eigenvalue weighted by molar-refractivity contribution is -0.138. The molecule has 0 aromatic heterocycles. The Morgan fingerprint density at radius 1 is 1.60 bits per heavy atom. The molecule has 0 aliphatic carbocycles. The Hall–Kier alpha value is -1.49. The number of hydrogen-bond acceptors (Lipinski definition) is 4. The van der Waals surface area contributed by atoms with Crippen molar-refractivity contribution in [2.75, 3.05) is 19.8 Å². The van der Waals surface area contributed by atoms with Crippen LogP contribution in [0.15, 0.2) is 24.1 Å². The molecule has 84 valence electrons. The molecular weight excluding hydrogens is 198 g/mol. The van der Waals surface area contributed by atoms with Gasteiger partial charge in [-0.1, -0.05) is 0 Å². The number of rotatable bonds is 6. The number of ether oxygens (including phenoxy) is 2. The van der Waals surface area contributed by atoms with Crippen LogP contribution in [-0.2, 0) is 14.3 Å². The van der Waals surface area contributed by atoms with E-state index in [0.29, 0.717) is 25.6 Å². The van der Waals surface area contributed by atoms with E-state index in [0.717, 1.165) is 0 Å². The number of allylic oxidation sites excluding steroid dienone is 1. The molecular formula is C10H15NO4. The van der Waals surface area contributed by atoms with Crippen LogP contribution in [0.3, 0.4) is 0 Å². The molecule has 15 heavy (non-hydrogen) atoms. The van der Waals surface area contributed by atoms with E-state index in [1.165, 1.54) is 6.08 Å². The van der Waals surface area contributed by atoms with Gasteiger partial charge in [0.25, 0.3) is 0 Å². The number of aliphatic carboxylic acids is 1. The maximum atomic E-state index is 10.7. The Morgan fingerprint density at radius 3 is 3.07 bits per heavy atom. The lowest BCUT2D eigenvalue weighted by Crippen LogP contribution is -2.33. The minimum absolute atomic E-state index is 0.427. The lowest BCUT2D eigenvalue weighted by atomic mass is 10.2. The number of dihydropyridines is 1. The molecule has 0 amide bonds. The first-order valence-electron chi connectivity index (χ1n) is 4.82. The summed E-state index contributed by atoms with van der Waals surface area (Å²) < 4.78 is 10.4. The van der Waals surface area contributed by atoms with Crippen LogP contribution in [0.1, 0.15) is 6.92 Å². The van der Waals surface area contributed by atoms with E-state index in [-0.39, 0.29) is 0 Å². The molecule has 5 heteroatoms. The van der Waals surface area contributed by atoms with Crippen LogP contribution in [0, 0.1) is 0 Å². The molecule has 0 aromatic carbocycles. The first-order valence-corrected chi connectivity index (χ1v) is 4.82. The van der Waals surface area contributed by atoms with Crippen molar-refractivity contribution in [1.82, 2.24) is 5.32 Å². The summed E-state index contributed by atoms with van der Waals surface area (Å²) >= 11 is 0. The van der Waals surface area contributed by atoms with Crippen molar-refractivity contribution in [3.63, 3.8) is 0 Å². The second-order valence-corrected chi connectivity index (χ2v) is 2.93. The Kier molecular flexibility index (Phi) is 4.70. The monoisotopic (exact) mass is 213 g/mol. The minimum atomic E-state index is -0.926. The van der Waals surface area contributed by atoms with E-state index in [9.17, 15) is 4.79 Å². The van der Waals surface area contributed by atoms with E-state index >= 15 is 0 Å². The van der Waals surface area contributed by atoms with Gasteiger partial charge >= 0.3 is 5.97 Å². The summed E-state index contributed by atoms with van der Waals surface area (Å²) in [7, 11) is 0. The number of hydrogen-bond donors (Lipinski definition) is 2. The highest BCUT2D eigenvalue weighted by Gasteiger charge is 2.16. The lowest BCUT2D eigenvalue weighted by Gasteiger charge is -2.15. The van der Waals surface area contributed by atoms with Crippen LogP contribution in [-0.4, -0.2) is 36.9 Å². The van der Waals surface area contributed by atoms with Crippen molar-refractivity contribution in [3.05, 3.63) is 24.1 Å².